The van der Waals surface area contributed by atoms with Crippen LogP contribution in [0.5, 0.6) is 11.5 Å². The van der Waals surface area contributed by atoms with E-state index in [0.29, 0.717) is 32.2 Å². The topological polar surface area (TPSA) is 75.6 Å². The molecule has 7 heteroatoms. The summed E-state index contributed by atoms with van der Waals surface area (Å²) < 4.78 is 39.5. The fourth-order valence-electron chi connectivity index (χ4n) is 5.50. The molecule has 1 saturated heterocycles. The van der Waals surface area contributed by atoms with Crippen LogP contribution in [0.1, 0.15) is 22.3 Å². The third-order valence-corrected chi connectivity index (χ3v) is 7.93. The summed E-state index contributed by atoms with van der Waals surface area (Å²) in [5.41, 5.74) is 4.12. The van der Waals surface area contributed by atoms with Gasteiger partial charge in [-0.15, -0.1) is 0 Å². The summed E-state index contributed by atoms with van der Waals surface area (Å²) in [5.74, 6) is 0.667. The molecule has 6 rings (SSSR count). The zero-order valence-corrected chi connectivity index (χ0v) is 26.2. The highest BCUT2D eigenvalue weighted by molar-refractivity contribution is 5.30. The lowest BCUT2D eigenvalue weighted by atomic mass is 9.97. The van der Waals surface area contributed by atoms with Gasteiger partial charge in [0.15, 0.2) is 0 Å². The van der Waals surface area contributed by atoms with Gasteiger partial charge in [-0.3, -0.25) is 0 Å². The van der Waals surface area contributed by atoms with E-state index >= 15 is 0 Å². The molecule has 5 aromatic rings. The van der Waals surface area contributed by atoms with E-state index in [4.69, 9.17) is 28.4 Å². The first-order chi connectivity index (χ1) is 23.2. The number of benzene rings is 5. The Morgan fingerprint density at radius 1 is 0.468 bits per heavy atom. The molecule has 0 spiro atoms. The van der Waals surface area contributed by atoms with E-state index in [1.807, 2.05) is 121 Å². The van der Waals surface area contributed by atoms with Gasteiger partial charge in [-0.2, -0.15) is 0 Å². The van der Waals surface area contributed by atoms with Gasteiger partial charge in [-0.05, 0) is 46.5 Å². The molecule has 0 saturated carbocycles. The standard InChI is InChI=1S/C40H40O7/c41-34-21-23-35(24-22-34)46-40-39(45-28-33-19-11-4-12-20-33)38(44-27-32-17-9-3-10-18-32)37(43-26-31-15-7-2-8-16-31)36(47-40)29-42-25-30-13-5-1-6-14-30/h1-24,36-41H,25-29H2/t36-,37-,38+,39-,40?/m1/s1. The number of rotatable bonds is 15. The van der Waals surface area contributed by atoms with E-state index in [-0.39, 0.29) is 12.4 Å². The Morgan fingerprint density at radius 2 is 0.894 bits per heavy atom. The van der Waals surface area contributed by atoms with Crippen molar-refractivity contribution in [2.75, 3.05) is 6.61 Å². The molecule has 5 aromatic carbocycles. The second-order valence-corrected chi connectivity index (χ2v) is 11.4. The highest BCUT2D eigenvalue weighted by atomic mass is 16.7. The smallest absolute Gasteiger partial charge is 0.229 e. The second kappa shape index (κ2) is 16.9. The molecule has 0 aromatic heterocycles. The molecule has 242 valence electrons. The van der Waals surface area contributed by atoms with E-state index in [1.54, 1.807) is 24.3 Å². The summed E-state index contributed by atoms with van der Waals surface area (Å²) in [6.45, 7) is 1.66. The highest BCUT2D eigenvalue weighted by Gasteiger charge is 2.49. The normalized spacial score (nSPS) is 20.9. The van der Waals surface area contributed by atoms with Crippen molar-refractivity contribution in [3.05, 3.63) is 168 Å². The van der Waals surface area contributed by atoms with Gasteiger partial charge in [0.05, 0.1) is 33.0 Å². The maximum absolute atomic E-state index is 9.90. The number of hydrogen-bond acceptors (Lipinski definition) is 7. The summed E-state index contributed by atoms with van der Waals surface area (Å²) >= 11 is 0. The molecule has 1 N–H and O–H groups in total. The van der Waals surface area contributed by atoms with E-state index in [2.05, 4.69) is 0 Å². The van der Waals surface area contributed by atoms with Crippen molar-refractivity contribution in [2.45, 2.75) is 57.1 Å². The van der Waals surface area contributed by atoms with Gasteiger partial charge in [0.1, 0.15) is 35.9 Å². The molecule has 47 heavy (non-hydrogen) atoms. The van der Waals surface area contributed by atoms with Crippen molar-refractivity contribution in [3.8, 4) is 11.5 Å². The largest absolute Gasteiger partial charge is 0.508 e. The van der Waals surface area contributed by atoms with Crippen molar-refractivity contribution < 1.29 is 33.5 Å². The molecule has 0 bridgehead atoms. The first-order valence-corrected chi connectivity index (χ1v) is 15.9. The zero-order valence-electron chi connectivity index (χ0n) is 26.2. The van der Waals surface area contributed by atoms with E-state index < -0.39 is 30.7 Å². The van der Waals surface area contributed by atoms with Crippen LogP contribution >= 0.6 is 0 Å². The van der Waals surface area contributed by atoms with Gasteiger partial charge < -0.3 is 33.5 Å². The molecule has 1 fully saturated rings. The van der Waals surface area contributed by atoms with Crippen LogP contribution < -0.4 is 4.74 Å². The predicted molar refractivity (Wildman–Crippen MR) is 179 cm³/mol. The van der Waals surface area contributed by atoms with Crippen LogP contribution in [-0.2, 0) is 50.1 Å². The van der Waals surface area contributed by atoms with Gasteiger partial charge in [0.2, 0.25) is 6.29 Å². The molecule has 1 aliphatic heterocycles. The van der Waals surface area contributed by atoms with Crippen molar-refractivity contribution in [3.63, 3.8) is 0 Å². The van der Waals surface area contributed by atoms with Crippen LogP contribution in [0.2, 0.25) is 0 Å². The Kier molecular flexibility index (Phi) is 11.7. The predicted octanol–water partition coefficient (Wildman–Crippen LogP) is 7.47. The van der Waals surface area contributed by atoms with Gasteiger partial charge in [-0.25, -0.2) is 0 Å². The molecule has 0 radical (unpaired) electrons. The summed E-state index contributed by atoms with van der Waals surface area (Å²) in [7, 11) is 0. The van der Waals surface area contributed by atoms with Crippen LogP contribution in [-0.4, -0.2) is 42.4 Å². The Bertz CT molecular complexity index is 1580. The molecular weight excluding hydrogens is 592 g/mol. The summed E-state index contributed by atoms with van der Waals surface area (Å²) in [5, 5.41) is 9.90. The highest BCUT2D eigenvalue weighted by Crippen LogP contribution is 2.33. The van der Waals surface area contributed by atoms with E-state index in [0.717, 1.165) is 22.3 Å². The molecule has 0 aliphatic carbocycles. The van der Waals surface area contributed by atoms with Crippen LogP contribution in [0.15, 0.2) is 146 Å². The van der Waals surface area contributed by atoms with Gasteiger partial charge >= 0.3 is 0 Å². The molecule has 1 aliphatic rings. The lowest BCUT2D eigenvalue weighted by molar-refractivity contribution is -0.310. The van der Waals surface area contributed by atoms with Crippen molar-refractivity contribution in [2.24, 2.45) is 0 Å². The fraction of sp³-hybridized carbons (Fsp3) is 0.250. The number of aromatic hydroxyl groups is 1. The third kappa shape index (κ3) is 9.51. The average Bonchev–Trinajstić information content (AvgIpc) is 3.12. The fourth-order valence-corrected chi connectivity index (χ4v) is 5.50. The van der Waals surface area contributed by atoms with Crippen LogP contribution in [0.3, 0.4) is 0 Å². The molecule has 7 nitrogen and oxygen atoms in total. The summed E-state index contributed by atoms with van der Waals surface area (Å²) in [4.78, 5) is 0. The Labute approximate surface area is 276 Å². The van der Waals surface area contributed by atoms with Crippen LogP contribution in [0.25, 0.3) is 0 Å². The third-order valence-electron chi connectivity index (χ3n) is 7.93. The van der Waals surface area contributed by atoms with Gasteiger partial charge in [0.25, 0.3) is 0 Å². The summed E-state index contributed by atoms with van der Waals surface area (Å²) in [6.07, 6.45) is -3.26. The second-order valence-electron chi connectivity index (χ2n) is 11.4. The zero-order chi connectivity index (χ0) is 32.1. The van der Waals surface area contributed by atoms with Gasteiger partial charge in [-0.1, -0.05) is 121 Å². The Hall–Kier alpha value is -4.50. The Morgan fingerprint density at radius 3 is 1.38 bits per heavy atom. The van der Waals surface area contributed by atoms with Crippen LogP contribution in [0.4, 0.5) is 0 Å². The quantitative estimate of drug-likeness (QED) is 0.128. The van der Waals surface area contributed by atoms with Gasteiger partial charge in [0, 0.05) is 0 Å². The number of phenolic OH excluding ortho intramolecular Hbond substituents is 1. The maximum atomic E-state index is 9.90. The molecular formula is C40H40O7. The van der Waals surface area contributed by atoms with Crippen molar-refractivity contribution in [1.82, 2.24) is 0 Å². The monoisotopic (exact) mass is 632 g/mol. The van der Waals surface area contributed by atoms with E-state index in [9.17, 15) is 5.11 Å². The SMILES string of the molecule is Oc1ccc(OC2O[C@H](COCc3ccccc3)[C@@H](OCc3ccccc3)[C@H](OCc3ccccc3)[C@H]2OCc2ccccc2)cc1. The lowest BCUT2D eigenvalue weighted by Gasteiger charge is -2.45. The lowest BCUT2D eigenvalue weighted by Crippen LogP contribution is -2.62. The average molecular weight is 633 g/mol. The number of phenols is 1. The molecule has 1 heterocycles. The van der Waals surface area contributed by atoms with Crippen molar-refractivity contribution >= 4 is 0 Å². The minimum atomic E-state index is -0.870. The minimum Gasteiger partial charge on any atom is -0.508 e. The first kappa shape index (κ1) is 32.4. The maximum Gasteiger partial charge on any atom is 0.229 e. The van der Waals surface area contributed by atoms with E-state index in [1.165, 1.54) is 0 Å². The van der Waals surface area contributed by atoms with Crippen LogP contribution in [0, 0.1) is 0 Å². The Balaban J connectivity index is 1.31. The molecule has 5 atom stereocenters. The first-order valence-electron chi connectivity index (χ1n) is 15.9. The molecule has 1 unspecified atom stereocenters. The van der Waals surface area contributed by atoms with Crippen molar-refractivity contribution in [1.29, 1.82) is 0 Å². The molecule has 0 amide bonds. The number of ether oxygens (including phenoxy) is 6. The number of hydrogen-bond donors (Lipinski definition) is 1. The minimum absolute atomic E-state index is 0.143. The summed E-state index contributed by atoms with van der Waals surface area (Å²) in [6, 6.07) is 46.6.